The van der Waals surface area contributed by atoms with Crippen molar-refractivity contribution in [3.8, 4) is 5.75 Å². The molecular weight excluding hydrogens is 328 g/mol. The average Bonchev–Trinajstić information content (AvgIpc) is 2.60. The van der Waals surface area contributed by atoms with Gasteiger partial charge in [0, 0.05) is 31.3 Å². The number of ether oxygens (including phenoxy) is 2. The summed E-state index contributed by atoms with van der Waals surface area (Å²) in [5.41, 5.74) is -0.271. The largest absolute Gasteiger partial charge is 0.491 e. The number of pyridine rings is 1. The fourth-order valence-electron chi connectivity index (χ4n) is 3.74. The van der Waals surface area contributed by atoms with E-state index in [9.17, 15) is 8.42 Å². The van der Waals surface area contributed by atoms with Gasteiger partial charge in [-0.25, -0.2) is 12.7 Å². The van der Waals surface area contributed by atoms with Crippen LogP contribution in [-0.2, 0) is 14.8 Å². The molecule has 1 aromatic rings. The lowest BCUT2D eigenvalue weighted by atomic mass is 9.73. The molecule has 2 atom stereocenters. The van der Waals surface area contributed by atoms with Crippen LogP contribution in [0.1, 0.15) is 32.6 Å². The Bertz CT molecular complexity index is 637. The Kier molecular flexibility index (Phi) is 5.42. The summed E-state index contributed by atoms with van der Waals surface area (Å²) in [5.74, 6) is 0.919. The van der Waals surface area contributed by atoms with E-state index in [1.165, 1.54) is 0 Å². The third kappa shape index (κ3) is 3.73. The maximum atomic E-state index is 12.5. The van der Waals surface area contributed by atoms with Crippen LogP contribution in [0, 0.1) is 5.41 Å². The van der Waals surface area contributed by atoms with E-state index in [1.807, 2.05) is 19.1 Å². The van der Waals surface area contributed by atoms with Crippen molar-refractivity contribution in [2.45, 2.75) is 38.7 Å². The molecule has 0 aliphatic carbocycles. The van der Waals surface area contributed by atoms with Crippen molar-refractivity contribution < 1.29 is 17.9 Å². The van der Waals surface area contributed by atoms with E-state index in [0.29, 0.717) is 31.9 Å². The highest BCUT2D eigenvalue weighted by Crippen LogP contribution is 2.41. The predicted molar refractivity (Wildman–Crippen MR) is 91.4 cm³/mol. The summed E-state index contributed by atoms with van der Waals surface area (Å²) in [6.45, 7) is 4.14. The molecule has 2 saturated heterocycles. The smallest absolute Gasteiger partial charge is 0.214 e. The van der Waals surface area contributed by atoms with Gasteiger partial charge < -0.3 is 9.47 Å². The molecule has 2 fully saturated rings. The number of fused-ring (bicyclic) bond motifs is 1. The second-order valence-electron chi connectivity index (χ2n) is 6.74. The van der Waals surface area contributed by atoms with E-state index >= 15 is 0 Å². The Balaban J connectivity index is 1.77. The zero-order valence-corrected chi connectivity index (χ0v) is 15.0. The van der Waals surface area contributed by atoms with Gasteiger partial charge >= 0.3 is 0 Å². The van der Waals surface area contributed by atoms with Crippen LogP contribution in [0.4, 0.5) is 0 Å². The monoisotopic (exact) mass is 354 g/mol. The minimum Gasteiger partial charge on any atom is -0.491 e. The molecule has 0 aromatic carbocycles. The van der Waals surface area contributed by atoms with E-state index in [4.69, 9.17) is 9.47 Å². The van der Waals surface area contributed by atoms with E-state index < -0.39 is 10.0 Å². The summed E-state index contributed by atoms with van der Waals surface area (Å²) in [4.78, 5) is 4.07. The lowest BCUT2D eigenvalue weighted by Crippen LogP contribution is -2.58. The molecule has 0 amide bonds. The quantitative estimate of drug-likeness (QED) is 0.782. The molecule has 0 bridgehead atoms. The molecule has 0 saturated carbocycles. The summed E-state index contributed by atoms with van der Waals surface area (Å²) in [6, 6.07) is 3.71. The maximum Gasteiger partial charge on any atom is 0.214 e. The zero-order valence-electron chi connectivity index (χ0n) is 14.2. The van der Waals surface area contributed by atoms with E-state index in [0.717, 1.165) is 25.9 Å². The van der Waals surface area contributed by atoms with Gasteiger partial charge in [-0.3, -0.25) is 4.98 Å². The van der Waals surface area contributed by atoms with Crippen LogP contribution in [0.2, 0.25) is 0 Å². The third-order valence-corrected chi connectivity index (χ3v) is 6.99. The number of piperidine rings is 1. The van der Waals surface area contributed by atoms with Crippen LogP contribution in [0.25, 0.3) is 0 Å². The summed E-state index contributed by atoms with van der Waals surface area (Å²) in [6.07, 6.45) is 6.69. The van der Waals surface area contributed by atoms with Gasteiger partial charge in [-0.15, -0.1) is 0 Å². The van der Waals surface area contributed by atoms with Crippen molar-refractivity contribution in [3.05, 3.63) is 24.5 Å². The fourth-order valence-corrected chi connectivity index (χ4v) is 5.36. The molecule has 0 radical (unpaired) electrons. The van der Waals surface area contributed by atoms with Crippen molar-refractivity contribution in [3.63, 3.8) is 0 Å². The molecule has 2 aliphatic heterocycles. The first-order chi connectivity index (χ1) is 11.6. The highest BCUT2D eigenvalue weighted by atomic mass is 32.2. The Morgan fingerprint density at radius 3 is 3.12 bits per heavy atom. The number of nitrogens with zero attached hydrogens (tertiary/aromatic N) is 2. The highest BCUT2D eigenvalue weighted by molar-refractivity contribution is 7.89. The Hall–Kier alpha value is -1.18. The van der Waals surface area contributed by atoms with Crippen LogP contribution in [0.5, 0.6) is 5.75 Å². The van der Waals surface area contributed by atoms with Crippen molar-refractivity contribution in [2.24, 2.45) is 5.41 Å². The minimum atomic E-state index is -3.20. The molecule has 3 rings (SSSR count). The second-order valence-corrected chi connectivity index (χ2v) is 8.83. The average molecular weight is 354 g/mol. The molecule has 3 heterocycles. The first-order valence-electron chi connectivity index (χ1n) is 8.68. The topological polar surface area (TPSA) is 68.7 Å². The van der Waals surface area contributed by atoms with E-state index in [-0.39, 0.29) is 17.3 Å². The minimum absolute atomic E-state index is 0.0657. The normalized spacial score (nSPS) is 28.3. The van der Waals surface area contributed by atoms with E-state index in [1.54, 1.807) is 16.7 Å². The van der Waals surface area contributed by atoms with Crippen molar-refractivity contribution in [1.82, 2.24) is 9.29 Å². The van der Waals surface area contributed by atoms with Crippen LogP contribution in [-0.4, -0.2) is 55.9 Å². The van der Waals surface area contributed by atoms with E-state index in [2.05, 4.69) is 4.98 Å². The van der Waals surface area contributed by atoms with Gasteiger partial charge in [0.15, 0.2) is 0 Å². The summed E-state index contributed by atoms with van der Waals surface area (Å²) in [5, 5.41) is 0. The van der Waals surface area contributed by atoms with Crippen LogP contribution >= 0.6 is 0 Å². The SMILES string of the molecule is CCCS(=O)(=O)N1CC[C@@H]2OCCC[C@]2(COc2cccnc2)C1. The standard InChI is InChI=1S/C17H26N2O4S/c1-2-11-24(20,21)19-9-6-16-17(13-19,7-4-10-22-16)14-23-15-5-3-8-18-12-15/h3,5,8,12,16H,2,4,6-7,9-11,13-14H2,1H3/t16-,17+/m0/s1. The number of sulfonamides is 1. The molecular formula is C17H26N2O4S. The van der Waals surface area contributed by atoms with Crippen LogP contribution < -0.4 is 4.74 Å². The Labute approximate surface area is 144 Å². The molecule has 6 nitrogen and oxygen atoms in total. The first kappa shape index (κ1) is 17.6. The van der Waals surface area contributed by atoms with Gasteiger partial charge in [0.25, 0.3) is 0 Å². The number of hydrogen-bond acceptors (Lipinski definition) is 5. The molecule has 2 aliphatic rings. The van der Waals surface area contributed by atoms with Crippen molar-refractivity contribution in [2.75, 3.05) is 32.1 Å². The van der Waals surface area contributed by atoms with Gasteiger partial charge in [0.05, 0.1) is 24.7 Å². The van der Waals surface area contributed by atoms with Gasteiger partial charge in [-0.05, 0) is 37.8 Å². The zero-order chi connectivity index (χ0) is 17.0. The lowest BCUT2D eigenvalue weighted by molar-refractivity contribution is -0.128. The van der Waals surface area contributed by atoms with Gasteiger partial charge in [-0.2, -0.15) is 0 Å². The molecule has 0 spiro atoms. The highest BCUT2D eigenvalue weighted by Gasteiger charge is 2.48. The lowest BCUT2D eigenvalue weighted by Gasteiger charge is -2.49. The first-order valence-corrected chi connectivity index (χ1v) is 10.3. The molecule has 24 heavy (non-hydrogen) atoms. The summed E-state index contributed by atoms with van der Waals surface area (Å²) >= 11 is 0. The number of aromatic nitrogens is 1. The van der Waals surface area contributed by atoms with Crippen LogP contribution in [0.15, 0.2) is 24.5 Å². The number of hydrogen-bond donors (Lipinski definition) is 0. The maximum absolute atomic E-state index is 12.5. The van der Waals surface area contributed by atoms with Crippen molar-refractivity contribution >= 4 is 10.0 Å². The second kappa shape index (κ2) is 7.37. The Morgan fingerprint density at radius 1 is 1.50 bits per heavy atom. The van der Waals surface area contributed by atoms with Crippen molar-refractivity contribution in [1.29, 1.82) is 0 Å². The molecule has 1 aromatic heterocycles. The predicted octanol–water partition coefficient (Wildman–Crippen LogP) is 2.07. The van der Waals surface area contributed by atoms with Gasteiger partial charge in [-0.1, -0.05) is 6.92 Å². The van der Waals surface area contributed by atoms with Gasteiger partial charge in [0.1, 0.15) is 5.75 Å². The Morgan fingerprint density at radius 2 is 2.38 bits per heavy atom. The molecule has 0 N–H and O–H groups in total. The fraction of sp³-hybridized carbons (Fsp3) is 0.706. The number of rotatable bonds is 6. The van der Waals surface area contributed by atoms with Gasteiger partial charge in [0.2, 0.25) is 10.0 Å². The molecule has 134 valence electrons. The summed E-state index contributed by atoms with van der Waals surface area (Å²) in [7, 11) is -3.20. The molecule has 0 unspecified atom stereocenters. The third-order valence-electron chi connectivity index (χ3n) is 4.97. The molecule has 7 heteroatoms. The summed E-state index contributed by atoms with van der Waals surface area (Å²) < 4.78 is 38.6. The van der Waals surface area contributed by atoms with Crippen LogP contribution in [0.3, 0.4) is 0 Å².